The summed E-state index contributed by atoms with van der Waals surface area (Å²) in [5, 5.41) is 6.30. The lowest BCUT2D eigenvalue weighted by molar-refractivity contribution is -0.115. The van der Waals surface area contributed by atoms with E-state index in [2.05, 4.69) is 15.6 Å². The van der Waals surface area contributed by atoms with Crippen molar-refractivity contribution in [2.24, 2.45) is 0 Å². The van der Waals surface area contributed by atoms with Crippen LogP contribution in [0, 0.1) is 0 Å². The highest BCUT2D eigenvalue weighted by atomic mass is 35.5. The number of benzene rings is 2. The summed E-state index contributed by atoms with van der Waals surface area (Å²) in [5.41, 5.74) is 1.41. The Morgan fingerprint density at radius 3 is 2.28 bits per heavy atom. The second-order valence-electron chi connectivity index (χ2n) is 6.02. The number of carbonyl (C=O) groups excluding carboxylic acids is 2. The maximum Gasteiger partial charge on any atom is 0.268 e. The van der Waals surface area contributed by atoms with Gasteiger partial charge in [-0.25, -0.2) is 0 Å². The molecule has 3 aromatic rings. The average Bonchev–Trinajstić information content (AvgIpc) is 3.17. The maximum absolute atomic E-state index is 12.5. The third-order valence-electron chi connectivity index (χ3n) is 4.25. The zero-order valence-corrected chi connectivity index (χ0v) is 16.8. The van der Waals surface area contributed by atoms with Crippen molar-refractivity contribution in [1.82, 2.24) is 10.3 Å². The zero-order valence-electron chi connectivity index (χ0n) is 16.1. The molecule has 0 atom stereocenters. The van der Waals surface area contributed by atoms with E-state index in [4.69, 9.17) is 25.8 Å². The molecule has 2 aromatic carbocycles. The number of halogens is 1. The summed E-state index contributed by atoms with van der Waals surface area (Å²) < 4.78 is 15.7. The lowest BCUT2D eigenvalue weighted by Gasteiger charge is -2.08. The predicted molar refractivity (Wildman–Crippen MR) is 110 cm³/mol. The van der Waals surface area contributed by atoms with E-state index in [0.717, 1.165) is 0 Å². The molecule has 0 saturated heterocycles. The molecule has 29 heavy (non-hydrogen) atoms. The van der Waals surface area contributed by atoms with Crippen LogP contribution in [0.2, 0.25) is 5.02 Å². The molecule has 8 nitrogen and oxygen atoms in total. The van der Waals surface area contributed by atoms with Crippen LogP contribution in [0.5, 0.6) is 17.2 Å². The smallest absolute Gasteiger partial charge is 0.268 e. The summed E-state index contributed by atoms with van der Waals surface area (Å²) in [5.74, 6) is 0.848. The van der Waals surface area contributed by atoms with Gasteiger partial charge in [-0.2, -0.15) is 0 Å². The number of anilines is 1. The predicted octanol–water partition coefficient (Wildman–Crippen LogP) is 3.22. The van der Waals surface area contributed by atoms with Gasteiger partial charge in [0.05, 0.1) is 38.4 Å². The van der Waals surface area contributed by atoms with Gasteiger partial charge in [-0.3, -0.25) is 9.59 Å². The van der Waals surface area contributed by atoms with Crippen molar-refractivity contribution >= 4 is 40.0 Å². The van der Waals surface area contributed by atoms with Crippen LogP contribution in [-0.2, 0) is 4.79 Å². The fraction of sp³-hybridized carbons (Fsp3) is 0.200. The number of carbonyl (C=O) groups is 2. The summed E-state index contributed by atoms with van der Waals surface area (Å²) in [7, 11) is 4.59. The molecule has 0 aliphatic carbocycles. The number of amides is 2. The normalized spacial score (nSPS) is 10.5. The molecule has 152 valence electrons. The Kier molecular flexibility index (Phi) is 6.13. The van der Waals surface area contributed by atoms with Crippen molar-refractivity contribution in [3.63, 3.8) is 0 Å². The number of hydrogen-bond acceptors (Lipinski definition) is 5. The Hall–Kier alpha value is -3.39. The quantitative estimate of drug-likeness (QED) is 0.548. The summed E-state index contributed by atoms with van der Waals surface area (Å²) in [6.07, 6.45) is 0. The number of ether oxygens (including phenoxy) is 3. The zero-order chi connectivity index (χ0) is 21.0. The van der Waals surface area contributed by atoms with Gasteiger partial charge in [0.1, 0.15) is 22.9 Å². The van der Waals surface area contributed by atoms with E-state index in [-0.39, 0.29) is 12.2 Å². The summed E-state index contributed by atoms with van der Waals surface area (Å²) >= 11 is 6.04. The molecular formula is C20H20ClN3O5. The average molecular weight is 418 g/mol. The number of methoxy groups -OCH3 is 3. The Labute approximate surface area is 172 Å². The second kappa shape index (κ2) is 8.74. The highest BCUT2D eigenvalue weighted by molar-refractivity contribution is 6.32. The van der Waals surface area contributed by atoms with Crippen molar-refractivity contribution in [1.29, 1.82) is 0 Å². The number of aromatic amines is 1. The van der Waals surface area contributed by atoms with Gasteiger partial charge >= 0.3 is 0 Å². The van der Waals surface area contributed by atoms with Gasteiger partial charge in [-0.05, 0) is 36.4 Å². The molecule has 1 aromatic heterocycles. The van der Waals surface area contributed by atoms with Crippen LogP contribution in [0.15, 0.2) is 36.4 Å². The van der Waals surface area contributed by atoms with E-state index >= 15 is 0 Å². The SMILES string of the molecule is COc1ccc(NC(=O)CNC(=O)c2cc3c(OC)ccc(OC)c3[nH]2)cc1Cl. The van der Waals surface area contributed by atoms with E-state index in [1.165, 1.54) is 14.2 Å². The molecule has 3 N–H and O–H groups in total. The van der Waals surface area contributed by atoms with E-state index in [9.17, 15) is 9.59 Å². The molecule has 0 bridgehead atoms. The lowest BCUT2D eigenvalue weighted by atomic mass is 10.2. The molecule has 3 rings (SSSR count). The van der Waals surface area contributed by atoms with Crippen LogP contribution in [0.4, 0.5) is 5.69 Å². The van der Waals surface area contributed by atoms with Crippen molar-refractivity contribution in [2.45, 2.75) is 0 Å². The van der Waals surface area contributed by atoms with E-state index in [1.54, 1.807) is 43.5 Å². The lowest BCUT2D eigenvalue weighted by Crippen LogP contribution is -2.33. The number of rotatable bonds is 7. The Morgan fingerprint density at radius 2 is 1.62 bits per heavy atom. The second-order valence-corrected chi connectivity index (χ2v) is 6.43. The summed E-state index contributed by atoms with van der Waals surface area (Å²) in [4.78, 5) is 27.6. The molecule has 0 saturated carbocycles. The van der Waals surface area contributed by atoms with Crippen LogP contribution >= 0.6 is 11.6 Å². The van der Waals surface area contributed by atoms with Gasteiger partial charge in [0.25, 0.3) is 5.91 Å². The highest BCUT2D eigenvalue weighted by Crippen LogP contribution is 2.33. The Bertz CT molecular complexity index is 1020. The summed E-state index contributed by atoms with van der Waals surface area (Å²) in [6.45, 7) is -0.216. The number of hydrogen-bond donors (Lipinski definition) is 3. The first kappa shape index (κ1) is 20.3. The van der Waals surface area contributed by atoms with Crippen molar-refractivity contribution in [3.8, 4) is 17.2 Å². The standard InChI is InChI=1S/C20H20ClN3O5/c1-27-15-6-7-17(29-3)19-12(15)9-14(24-19)20(26)22-10-18(25)23-11-4-5-16(28-2)13(21)8-11/h4-9,24H,10H2,1-3H3,(H,22,26)(H,23,25). The number of H-pyrrole nitrogens is 1. The number of nitrogens with one attached hydrogen (secondary N) is 3. The van der Waals surface area contributed by atoms with Crippen LogP contribution < -0.4 is 24.8 Å². The van der Waals surface area contributed by atoms with Gasteiger partial charge in [0.2, 0.25) is 5.91 Å². The third-order valence-corrected chi connectivity index (χ3v) is 4.54. The first-order valence-corrected chi connectivity index (χ1v) is 9.00. The van der Waals surface area contributed by atoms with Crippen molar-refractivity contribution in [2.75, 3.05) is 33.2 Å². The molecule has 2 amide bonds. The van der Waals surface area contributed by atoms with Crippen LogP contribution in [0.3, 0.4) is 0 Å². The largest absolute Gasteiger partial charge is 0.496 e. The Morgan fingerprint density at radius 1 is 0.966 bits per heavy atom. The Balaban J connectivity index is 1.67. The molecule has 1 heterocycles. The first-order chi connectivity index (χ1) is 14.0. The summed E-state index contributed by atoms with van der Waals surface area (Å²) in [6, 6.07) is 10.0. The molecule has 0 spiro atoms. The molecule has 0 unspecified atom stereocenters. The third kappa shape index (κ3) is 4.38. The van der Waals surface area contributed by atoms with Gasteiger partial charge in [0.15, 0.2) is 0 Å². The molecule has 0 radical (unpaired) electrons. The van der Waals surface area contributed by atoms with Gasteiger partial charge in [0, 0.05) is 11.1 Å². The molecular weight excluding hydrogens is 398 g/mol. The minimum Gasteiger partial charge on any atom is -0.496 e. The van der Waals surface area contributed by atoms with Gasteiger partial charge < -0.3 is 29.8 Å². The van der Waals surface area contributed by atoms with Crippen LogP contribution in [0.25, 0.3) is 10.9 Å². The van der Waals surface area contributed by atoms with E-state index in [0.29, 0.717) is 38.9 Å². The highest BCUT2D eigenvalue weighted by Gasteiger charge is 2.16. The van der Waals surface area contributed by atoms with Gasteiger partial charge in [-0.15, -0.1) is 0 Å². The van der Waals surface area contributed by atoms with Crippen molar-refractivity contribution < 1.29 is 23.8 Å². The molecule has 0 aliphatic rings. The van der Waals surface area contributed by atoms with E-state index in [1.807, 2.05) is 0 Å². The van der Waals surface area contributed by atoms with Crippen molar-refractivity contribution in [3.05, 3.63) is 47.1 Å². The van der Waals surface area contributed by atoms with Crippen LogP contribution in [-0.4, -0.2) is 44.7 Å². The topological polar surface area (TPSA) is 102 Å². The molecule has 0 fully saturated rings. The monoisotopic (exact) mass is 417 g/mol. The molecule has 0 aliphatic heterocycles. The first-order valence-electron chi connectivity index (χ1n) is 8.62. The minimum atomic E-state index is -0.437. The van der Waals surface area contributed by atoms with E-state index < -0.39 is 11.8 Å². The molecule has 9 heteroatoms. The number of aromatic nitrogens is 1. The fourth-order valence-corrected chi connectivity index (χ4v) is 3.10. The number of fused-ring (bicyclic) bond motifs is 1. The minimum absolute atomic E-state index is 0.216. The van der Waals surface area contributed by atoms with Gasteiger partial charge in [-0.1, -0.05) is 11.6 Å². The maximum atomic E-state index is 12.5. The van der Waals surface area contributed by atoms with Crippen LogP contribution in [0.1, 0.15) is 10.5 Å². The fourth-order valence-electron chi connectivity index (χ4n) is 2.84.